The third-order valence-corrected chi connectivity index (χ3v) is 4.61. The molecule has 4 nitrogen and oxygen atoms in total. The minimum Gasteiger partial charge on any atom is -0.481 e. The molecule has 124 valence electrons. The van der Waals surface area contributed by atoms with Gasteiger partial charge in [-0.15, -0.1) is 0 Å². The van der Waals surface area contributed by atoms with Gasteiger partial charge < -0.3 is 9.84 Å². The number of carbonyl (C=O) groups is 2. The van der Waals surface area contributed by atoms with E-state index in [0.29, 0.717) is 11.3 Å². The van der Waals surface area contributed by atoms with Gasteiger partial charge in [-0.1, -0.05) is 60.7 Å². The van der Waals surface area contributed by atoms with Crippen LogP contribution in [0.1, 0.15) is 29.0 Å². The van der Waals surface area contributed by atoms with E-state index in [2.05, 4.69) is 6.07 Å². The predicted octanol–water partition coefficient (Wildman–Crippen LogP) is 3.91. The van der Waals surface area contributed by atoms with Gasteiger partial charge >= 0.3 is 11.9 Å². The first-order valence-electron chi connectivity index (χ1n) is 8.15. The number of hydrogen-bond acceptors (Lipinski definition) is 3. The Hall–Kier alpha value is -3.14. The molecule has 3 aromatic rings. The molecule has 0 aromatic heterocycles. The van der Waals surface area contributed by atoms with Crippen molar-refractivity contribution < 1.29 is 19.4 Å². The number of ether oxygens (including phenoxy) is 1. The van der Waals surface area contributed by atoms with Crippen molar-refractivity contribution in [2.45, 2.75) is 18.8 Å². The van der Waals surface area contributed by atoms with E-state index >= 15 is 0 Å². The summed E-state index contributed by atoms with van der Waals surface area (Å²) in [6, 6.07) is 19.7. The minimum absolute atomic E-state index is 0.130. The molecule has 25 heavy (non-hydrogen) atoms. The van der Waals surface area contributed by atoms with E-state index in [0.717, 1.165) is 21.9 Å². The second kappa shape index (κ2) is 6.06. The Morgan fingerprint density at radius 2 is 1.84 bits per heavy atom. The van der Waals surface area contributed by atoms with Gasteiger partial charge in [-0.3, -0.25) is 9.59 Å². The lowest BCUT2D eigenvalue weighted by molar-refractivity contribution is -0.138. The Morgan fingerprint density at radius 1 is 1.04 bits per heavy atom. The van der Waals surface area contributed by atoms with Gasteiger partial charge in [0.1, 0.15) is 5.75 Å². The van der Waals surface area contributed by atoms with Crippen LogP contribution >= 0.6 is 0 Å². The summed E-state index contributed by atoms with van der Waals surface area (Å²) in [6.07, 6.45) is 0.0861. The maximum atomic E-state index is 12.1. The molecule has 4 heteroatoms. The van der Waals surface area contributed by atoms with Crippen LogP contribution in [0, 0.1) is 0 Å². The molecule has 0 radical (unpaired) electrons. The number of rotatable bonds is 3. The van der Waals surface area contributed by atoms with Crippen molar-refractivity contribution in [1.82, 2.24) is 0 Å². The highest BCUT2D eigenvalue weighted by molar-refractivity contribution is 5.85. The van der Waals surface area contributed by atoms with Crippen LogP contribution < -0.4 is 4.74 Å². The van der Waals surface area contributed by atoms with Crippen LogP contribution in [0.15, 0.2) is 60.7 Å². The summed E-state index contributed by atoms with van der Waals surface area (Å²) in [6.45, 7) is 0. The highest BCUT2D eigenvalue weighted by Gasteiger charge is 2.30. The third-order valence-electron chi connectivity index (χ3n) is 4.61. The average molecular weight is 332 g/mol. The molecular formula is C21H16O4. The smallest absolute Gasteiger partial charge is 0.312 e. The number of benzene rings is 3. The summed E-state index contributed by atoms with van der Waals surface area (Å²) in [5, 5.41) is 11.4. The molecule has 1 unspecified atom stereocenters. The molecule has 0 fully saturated rings. The molecule has 1 heterocycles. The Kier molecular flexibility index (Phi) is 3.73. The Morgan fingerprint density at radius 3 is 2.64 bits per heavy atom. The molecule has 4 rings (SSSR count). The molecule has 3 aromatic carbocycles. The lowest BCUT2D eigenvalue weighted by Gasteiger charge is -2.26. The van der Waals surface area contributed by atoms with Crippen molar-refractivity contribution in [3.05, 3.63) is 77.4 Å². The fourth-order valence-electron chi connectivity index (χ4n) is 3.46. The normalized spacial score (nSPS) is 16.3. The summed E-state index contributed by atoms with van der Waals surface area (Å²) >= 11 is 0. The summed E-state index contributed by atoms with van der Waals surface area (Å²) < 4.78 is 5.40. The molecule has 0 saturated heterocycles. The summed E-state index contributed by atoms with van der Waals surface area (Å²) in [4.78, 5) is 23.2. The van der Waals surface area contributed by atoms with E-state index in [9.17, 15) is 9.59 Å². The van der Waals surface area contributed by atoms with E-state index in [1.165, 1.54) is 0 Å². The molecular weight excluding hydrogens is 316 g/mol. The van der Waals surface area contributed by atoms with Crippen LogP contribution in [0.3, 0.4) is 0 Å². The molecule has 1 aliphatic rings. The van der Waals surface area contributed by atoms with Crippen LogP contribution in [0.5, 0.6) is 5.75 Å². The van der Waals surface area contributed by atoms with Gasteiger partial charge in [0.15, 0.2) is 0 Å². The molecule has 1 N–H and O–H groups in total. The van der Waals surface area contributed by atoms with Crippen LogP contribution in [0.25, 0.3) is 10.8 Å². The highest BCUT2D eigenvalue weighted by Crippen LogP contribution is 2.41. The number of para-hydroxylation sites is 1. The van der Waals surface area contributed by atoms with Gasteiger partial charge in [0.25, 0.3) is 0 Å². The van der Waals surface area contributed by atoms with Crippen molar-refractivity contribution in [2.75, 3.05) is 0 Å². The first-order chi connectivity index (χ1) is 12.1. The van der Waals surface area contributed by atoms with Gasteiger partial charge in [0.05, 0.1) is 12.8 Å². The zero-order valence-corrected chi connectivity index (χ0v) is 13.4. The molecule has 0 amide bonds. The Balaban J connectivity index is 1.83. The molecule has 0 aliphatic carbocycles. The largest absolute Gasteiger partial charge is 0.481 e. The monoisotopic (exact) mass is 332 g/mol. The SMILES string of the molecule is O=C(O)Cc1cccc2c1OC(=O)CC2c1ccc2ccccc2c1. The quantitative estimate of drug-likeness (QED) is 0.583. The fourth-order valence-corrected chi connectivity index (χ4v) is 3.46. The standard InChI is InChI=1S/C21H16O4/c22-19(23)11-16-6-3-7-17-18(12-20(24)25-21(16)17)15-9-8-13-4-1-2-5-14(13)10-15/h1-10,18H,11-12H2,(H,22,23). The van der Waals surface area contributed by atoms with E-state index < -0.39 is 5.97 Å². The second-order valence-electron chi connectivity index (χ2n) is 6.24. The van der Waals surface area contributed by atoms with Gasteiger partial charge in [-0.2, -0.15) is 0 Å². The Bertz CT molecular complexity index is 990. The zero-order chi connectivity index (χ0) is 17.4. The lowest BCUT2D eigenvalue weighted by atomic mass is 9.84. The number of aliphatic carboxylic acids is 1. The van der Waals surface area contributed by atoms with Crippen LogP contribution in [-0.2, 0) is 16.0 Å². The van der Waals surface area contributed by atoms with Crippen molar-refractivity contribution >= 4 is 22.7 Å². The fraction of sp³-hybridized carbons (Fsp3) is 0.143. The van der Waals surface area contributed by atoms with Gasteiger partial charge in [-0.25, -0.2) is 0 Å². The van der Waals surface area contributed by atoms with Crippen LogP contribution in [0.2, 0.25) is 0 Å². The number of carboxylic acid groups (broad SMARTS) is 1. The van der Waals surface area contributed by atoms with Crippen LogP contribution in [-0.4, -0.2) is 17.0 Å². The average Bonchev–Trinajstić information content (AvgIpc) is 2.61. The predicted molar refractivity (Wildman–Crippen MR) is 93.8 cm³/mol. The third kappa shape index (κ3) is 2.87. The van der Waals surface area contributed by atoms with Crippen LogP contribution in [0.4, 0.5) is 0 Å². The van der Waals surface area contributed by atoms with Gasteiger partial charge in [0, 0.05) is 17.0 Å². The topological polar surface area (TPSA) is 63.6 Å². The highest BCUT2D eigenvalue weighted by atomic mass is 16.5. The number of fused-ring (bicyclic) bond motifs is 2. The van der Waals surface area contributed by atoms with Crippen molar-refractivity contribution in [3.63, 3.8) is 0 Å². The van der Waals surface area contributed by atoms with E-state index in [1.54, 1.807) is 6.07 Å². The van der Waals surface area contributed by atoms with E-state index in [1.807, 2.05) is 48.5 Å². The van der Waals surface area contributed by atoms with Crippen molar-refractivity contribution in [1.29, 1.82) is 0 Å². The molecule has 0 spiro atoms. The number of esters is 1. The van der Waals surface area contributed by atoms with Gasteiger partial charge in [0.2, 0.25) is 0 Å². The molecule has 1 aliphatic heterocycles. The second-order valence-corrected chi connectivity index (χ2v) is 6.24. The first-order valence-corrected chi connectivity index (χ1v) is 8.15. The van der Waals surface area contributed by atoms with Crippen molar-refractivity contribution in [3.8, 4) is 5.75 Å². The Labute approximate surface area is 144 Å². The number of hydrogen-bond donors (Lipinski definition) is 1. The summed E-state index contributed by atoms with van der Waals surface area (Å²) in [5.74, 6) is -1.00. The maximum absolute atomic E-state index is 12.1. The van der Waals surface area contributed by atoms with E-state index in [4.69, 9.17) is 9.84 Å². The summed E-state index contributed by atoms with van der Waals surface area (Å²) in [5.41, 5.74) is 2.43. The van der Waals surface area contributed by atoms with Crippen molar-refractivity contribution in [2.24, 2.45) is 0 Å². The maximum Gasteiger partial charge on any atom is 0.312 e. The lowest BCUT2D eigenvalue weighted by Crippen LogP contribution is -2.22. The van der Waals surface area contributed by atoms with Gasteiger partial charge in [-0.05, 0) is 16.3 Å². The minimum atomic E-state index is -0.947. The molecule has 0 bridgehead atoms. The first kappa shape index (κ1) is 15.4. The molecule has 0 saturated carbocycles. The van der Waals surface area contributed by atoms with E-state index in [-0.39, 0.29) is 24.7 Å². The number of carboxylic acids is 1. The number of carbonyl (C=O) groups excluding carboxylic acids is 1. The zero-order valence-electron chi connectivity index (χ0n) is 13.4. The summed E-state index contributed by atoms with van der Waals surface area (Å²) in [7, 11) is 0. The molecule has 1 atom stereocenters.